The molecule has 1 N–H and O–H groups in total. The van der Waals surface area contributed by atoms with Crippen molar-refractivity contribution in [3.05, 3.63) is 29.8 Å². The maximum atomic E-state index is 11.0. The summed E-state index contributed by atoms with van der Waals surface area (Å²) in [4.78, 5) is 16.1. The van der Waals surface area contributed by atoms with E-state index in [9.17, 15) is 4.79 Å². The summed E-state index contributed by atoms with van der Waals surface area (Å²) in [6, 6.07) is 8.14. The van der Waals surface area contributed by atoms with E-state index in [1.807, 2.05) is 12.1 Å². The van der Waals surface area contributed by atoms with Gasteiger partial charge in [0, 0.05) is 37.9 Å². The molecular formula is C23H35ClN2O2. The lowest BCUT2D eigenvalue weighted by molar-refractivity contribution is 0.0697. The van der Waals surface area contributed by atoms with Gasteiger partial charge in [-0.15, -0.1) is 12.4 Å². The van der Waals surface area contributed by atoms with E-state index in [2.05, 4.69) is 9.80 Å². The van der Waals surface area contributed by atoms with Crippen LogP contribution in [0.25, 0.3) is 0 Å². The lowest BCUT2D eigenvalue weighted by Crippen LogP contribution is -2.51. The highest BCUT2D eigenvalue weighted by molar-refractivity contribution is 5.88. The lowest BCUT2D eigenvalue weighted by atomic mass is 9.72. The van der Waals surface area contributed by atoms with Crippen molar-refractivity contribution in [3.8, 4) is 0 Å². The molecule has 3 aliphatic rings. The molecule has 0 amide bonds. The average molecular weight is 407 g/mol. The summed E-state index contributed by atoms with van der Waals surface area (Å²) in [5.41, 5.74) is 1.52. The fourth-order valence-electron chi connectivity index (χ4n) is 5.70. The molecule has 5 heteroatoms. The molecule has 4 nitrogen and oxygen atoms in total. The molecular weight excluding hydrogens is 372 g/mol. The summed E-state index contributed by atoms with van der Waals surface area (Å²) >= 11 is 0. The number of hydrogen-bond donors (Lipinski definition) is 1. The molecule has 2 saturated carbocycles. The highest BCUT2D eigenvalue weighted by Gasteiger charge is 2.32. The SMILES string of the molecule is Cl.O=C(O)c1ccc(N2CCN(C3CCC(C4CCCCC4)CC3)CC2)cc1. The smallest absolute Gasteiger partial charge is 0.335 e. The van der Waals surface area contributed by atoms with Crippen LogP contribution in [0.5, 0.6) is 0 Å². The Kier molecular flexibility index (Phi) is 7.64. The number of aromatic carboxylic acids is 1. The molecule has 0 radical (unpaired) electrons. The molecule has 4 rings (SSSR count). The molecule has 1 aromatic rings. The van der Waals surface area contributed by atoms with Crippen LogP contribution in [0.2, 0.25) is 0 Å². The van der Waals surface area contributed by atoms with Gasteiger partial charge in [-0.1, -0.05) is 32.1 Å². The van der Waals surface area contributed by atoms with Gasteiger partial charge in [-0.05, 0) is 61.8 Å². The second-order valence-electron chi connectivity index (χ2n) is 8.84. The Hall–Kier alpha value is -1.26. The van der Waals surface area contributed by atoms with Crippen molar-refractivity contribution in [2.75, 3.05) is 31.1 Å². The van der Waals surface area contributed by atoms with E-state index >= 15 is 0 Å². The molecule has 1 aliphatic heterocycles. The summed E-state index contributed by atoms with van der Waals surface area (Å²) in [5, 5.41) is 9.05. The average Bonchev–Trinajstić information content (AvgIpc) is 2.75. The van der Waals surface area contributed by atoms with Crippen molar-refractivity contribution in [1.82, 2.24) is 4.90 Å². The van der Waals surface area contributed by atoms with Gasteiger partial charge in [0.05, 0.1) is 5.56 Å². The van der Waals surface area contributed by atoms with E-state index in [1.165, 1.54) is 57.8 Å². The number of carbonyl (C=O) groups is 1. The minimum absolute atomic E-state index is 0. The van der Waals surface area contributed by atoms with Crippen LogP contribution in [-0.4, -0.2) is 48.2 Å². The van der Waals surface area contributed by atoms with Crippen molar-refractivity contribution in [2.24, 2.45) is 11.8 Å². The summed E-state index contributed by atoms with van der Waals surface area (Å²) < 4.78 is 0. The first-order valence-corrected chi connectivity index (χ1v) is 11.0. The van der Waals surface area contributed by atoms with E-state index in [0.29, 0.717) is 5.56 Å². The number of anilines is 1. The Morgan fingerprint density at radius 2 is 1.36 bits per heavy atom. The number of nitrogens with zero attached hydrogens (tertiary/aromatic N) is 2. The number of benzene rings is 1. The van der Waals surface area contributed by atoms with Gasteiger partial charge in [0.2, 0.25) is 0 Å². The zero-order valence-corrected chi connectivity index (χ0v) is 17.7. The molecule has 156 valence electrons. The first kappa shape index (κ1) is 21.4. The number of piperazine rings is 1. The van der Waals surface area contributed by atoms with Crippen molar-refractivity contribution in [2.45, 2.75) is 63.8 Å². The summed E-state index contributed by atoms with van der Waals surface area (Å²) in [6.07, 6.45) is 13.1. The molecule has 1 saturated heterocycles. The first-order valence-electron chi connectivity index (χ1n) is 11.0. The number of hydrogen-bond acceptors (Lipinski definition) is 3. The summed E-state index contributed by atoms with van der Waals surface area (Å²) in [6.45, 7) is 4.38. The molecule has 3 fully saturated rings. The molecule has 1 aromatic carbocycles. The largest absolute Gasteiger partial charge is 0.478 e. The Morgan fingerprint density at radius 3 is 1.93 bits per heavy atom. The molecule has 0 atom stereocenters. The van der Waals surface area contributed by atoms with Gasteiger partial charge in [0.25, 0.3) is 0 Å². The Bertz CT molecular complexity index is 614. The number of halogens is 1. The third-order valence-corrected chi connectivity index (χ3v) is 7.37. The van der Waals surface area contributed by atoms with Gasteiger partial charge in [-0.3, -0.25) is 4.90 Å². The summed E-state index contributed by atoms with van der Waals surface area (Å²) in [7, 11) is 0. The van der Waals surface area contributed by atoms with Crippen molar-refractivity contribution < 1.29 is 9.90 Å². The Balaban J connectivity index is 0.00000225. The third kappa shape index (κ3) is 5.01. The minimum Gasteiger partial charge on any atom is -0.478 e. The highest BCUT2D eigenvalue weighted by atomic mass is 35.5. The highest BCUT2D eigenvalue weighted by Crippen LogP contribution is 2.39. The monoisotopic (exact) mass is 406 g/mol. The topological polar surface area (TPSA) is 43.8 Å². The Labute approximate surface area is 175 Å². The van der Waals surface area contributed by atoms with Crippen LogP contribution in [0, 0.1) is 11.8 Å². The molecule has 1 heterocycles. The van der Waals surface area contributed by atoms with Crippen LogP contribution in [-0.2, 0) is 0 Å². The zero-order valence-electron chi connectivity index (χ0n) is 16.9. The van der Waals surface area contributed by atoms with E-state index in [0.717, 1.165) is 49.7 Å². The van der Waals surface area contributed by atoms with Gasteiger partial charge in [0.1, 0.15) is 0 Å². The first-order chi connectivity index (χ1) is 13.2. The predicted octanol–water partition coefficient (Wildman–Crippen LogP) is 5.07. The fraction of sp³-hybridized carbons (Fsp3) is 0.696. The van der Waals surface area contributed by atoms with Crippen molar-refractivity contribution in [1.29, 1.82) is 0 Å². The van der Waals surface area contributed by atoms with E-state index in [4.69, 9.17) is 5.11 Å². The maximum Gasteiger partial charge on any atom is 0.335 e. The molecule has 0 unspecified atom stereocenters. The van der Waals surface area contributed by atoms with Crippen LogP contribution in [0.4, 0.5) is 5.69 Å². The van der Waals surface area contributed by atoms with Crippen LogP contribution in [0.15, 0.2) is 24.3 Å². The number of carboxylic acid groups (broad SMARTS) is 1. The second kappa shape index (κ2) is 9.98. The van der Waals surface area contributed by atoms with E-state index in [1.54, 1.807) is 12.1 Å². The zero-order chi connectivity index (χ0) is 18.6. The van der Waals surface area contributed by atoms with Gasteiger partial charge in [-0.25, -0.2) is 4.79 Å². The maximum absolute atomic E-state index is 11.0. The number of carboxylic acids is 1. The lowest BCUT2D eigenvalue weighted by Gasteiger charge is -2.44. The van der Waals surface area contributed by atoms with Crippen LogP contribution >= 0.6 is 12.4 Å². The van der Waals surface area contributed by atoms with Crippen LogP contribution < -0.4 is 4.90 Å². The minimum atomic E-state index is -0.852. The van der Waals surface area contributed by atoms with E-state index in [-0.39, 0.29) is 12.4 Å². The van der Waals surface area contributed by atoms with Crippen LogP contribution in [0.1, 0.15) is 68.1 Å². The van der Waals surface area contributed by atoms with E-state index < -0.39 is 5.97 Å². The quantitative estimate of drug-likeness (QED) is 0.758. The second-order valence-corrected chi connectivity index (χ2v) is 8.84. The normalized spacial score (nSPS) is 27.2. The number of rotatable bonds is 4. The molecule has 0 aromatic heterocycles. The standard InChI is InChI=1S/C23H34N2O2.ClH/c26-23(27)20-8-12-22(13-9-20)25-16-14-24(15-17-25)21-10-6-19(7-11-21)18-4-2-1-3-5-18;/h8-9,12-13,18-19,21H,1-7,10-11,14-17H2,(H,26,27);1H. The summed E-state index contributed by atoms with van der Waals surface area (Å²) in [5.74, 6) is 1.19. The predicted molar refractivity (Wildman–Crippen MR) is 117 cm³/mol. The van der Waals surface area contributed by atoms with Gasteiger partial charge < -0.3 is 10.0 Å². The van der Waals surface area contributed by atoms with Crippen molar-refractivity contribution in [3.63, 3.8) is 0 Å². The molecule has 0 bridgehead atoms. The van der Waals surface area contributed by atoms with Crippen LogP contribution in [0.3, 0.4) is 0 Å². The Morgan fingerprint density at radius 1 is 0.786 bits per heavy atom. The molecule has 2 aliphatic carbocycles. The van der Waals surface area contributed by atoms with Crippen molar-refractivity contribution >= 4 is 24.1 Å². The molecule has 0 spiro atoms. The molecule has 28 heavy (non-hydrogen) atoms. The van der Waals surface area contributed by atoms with Gasteiger partial charge >= 0.3 is 5.97 Å². The third-order valence-electron chi connectivity index (χ3n) is 7.37. The fourth-order valence-corrected chi connectivity index (χ4v) is 5.70. The van der Waals surface area contributed by atoms with Gasteiger partial charge in [-0.2, -0.15) is 0 Å². The van der Waals surface area contributed by atoms with Gasteiger partial charge in [0.15, 0.2) is 0 Å².